The molecule has 0 unspecified atom stereocenters. The van der Waals surface area contributed by atoms with Crippen LogP contribution in [0.2, 0.25) is 5.02 Å². The molecule has 0 spiro atoms. The van der Waals surface area contributed by atoms with Gasteiger partial charge in [0, 0.05) is 22.0 Å². The molecule has 0 saturated carbocycles. The van der Waals surface area contributed by atoms with Gasteiger partial charge in [0.05, 0.1) is 21.6 Å². The molecule has 1 aliphatic heterocycles. The number of benzene rings is 2. The molecule has 2 aromatic rings. The Kier molecular flexibility index (Phi) is 6.02. The van der Waals surface area contributed by atoms with E-state index < -0.39 is 15.7 Å². The highest BCUT2D eigenvalue weighted by Gasteiger charge is 2.25. The molecular formula is C19H19ClN2O4S2. The number of anilines is 2. The molecule has 2 N–H and O–H groups in total. The smallest absolute Gasteiger partial charge is 0.237 e. The lowest BCUT2D eigenvalue weighted by Gasteiger charge is -2.21. The highest BCUT2D eigenvalue weighted by atomic mass is 35.5. The minimum Gasteiger partial charge on any atom is -0.326 e. The van der Waals surface area contributed by atoms with Gasteiger partial charge in [-0.25, -0.2) is 8.42 Å². The SMILES string of the molecule is Cc1ccc(NC(=O)CCS(=O)(=O)c2ccc3c(c2)NC(=O)[C@@H](C)S3)cc1Cl. The van der Waals surface area contributed by atoms with Crippen LogP contribution in [0.5, 0.6) is 0 Å². The molecule has 1 aliphatic rings. The lowest BCUT2D eigenvalue weighted by Crippen LogP contribution is -2.26. The second-order valence-corrected chi connectivity index (χ2v) is 10.4. The van der Waals surface area contributed by atoms with Crippen LogP contribution in [0, 0.1) is 6.92 Å². The molecule has 0 aromatic heterocycles. The molecule has 148 valence electrons. The van der Waals surface area contributed by atoms with Gasteiger partial charge in [0.15, 0.2) is 9.84 Å². The molecule has 0 saturated heterocycles. The maximum atomic E-state index is 12.6. The van der Waals surface area contributed by atoms with E-state index in [0.717, 1.165) is 10.5 Å². The molecule has 28 heavy (non-hydrogen) atoms. The van der Waals surface area contributed by atoms with E-state index in [2.05, 4.69) is 10.6 Å². The number of rotatable bonds is 5. The first kappa shape index (κ1) is 20.7. The quantitative estimate of drug-likeness (QED) is 0.738. The Morgan fingerprint density at radius 3 is 2.71 bits per heavy atom. The molecule has 0 bridgehead atoms. The standard InChI is InChI=1S/C19H19ClN2O4S2/c1-11-3-4-13(9-15(11)20)21-18(23)7-8-28(25,26)14-5-6-17-16(10-14)22-19(24)12(2)27-17/h3-6,9-10,12H,7-8H2,1-2H3,(H,21,23)(H,22,24)/t12-/m1/s1. The van der Waals surface area contributed by atoms with Crippen LogP contribution in [0.15, 0.2) is 46.2 Å². The Hall–Kier alpha value is -2.03. The first-order chi connectivity index (χ1) is 13.2. The van der Waals surface area contributed by atoms with Gasteiger partial charge in [0.1, 0.15) is 0 Å². The molecule has 1 atom stereocenters. The average Bonchev–Trinajstić information content (AvgIpc) is 2.64. The van der Waals surface area contributed by atoms with Crippen LogP contribution in [0.1, 0.15) is 18.9 Å². The van der Waals surface area contributed by atoms with Gasteiger partial charge >= 0.3 is 0 Å². The number of hydrogen-bond donors (Lipinski definition) is 2. The van der Waals surface area contributed by atoms with Crippen LogP contribution in [-0.4, -0.2) is 31.2 Å². The number of thioether (sulfide) groups is 1. The number of halogens is 1. The summed E-state index contributed by atoms with van der Waals surface area (Å²) in [4.78, 5) is 24.8. The van der Waals surface area contributed by atoms with Gasteiger partial charge in [-0.1, -0.05) is 17.7 Å². The maximum absolute atomic E-state index is 12.6. The number of sulfone groups is 1. The Morgan fingerprint density at radius 2 is 2.00 bits per heavy atom. The van der Waals surface area contributed by atoms with Crippen molar-refractivity contribution in [3.8, 4) is 0 Å². The maximum Gasteiger partial charge on any atom is 0.237 e. The summed E-state index contributed by atoms with van der Waals surface area (Å²) in [5.41, 5.74) is 1.88. The molecule has 1 heterocycles. The van der Waals surface area contributed by atoms with Gasteiger partial charge in [0.2, 0.25) is 11.8 Å². The Balaban J connectivity index is 1.67. The summed E-state index contributed by atoms with van der Waals surface area (Å²) in [5.74, 6) is -0.920. The van der Waals surface area contributed by atoms with Gasteiger partial charge in [-0.15, -0.1) is 11.8 Å². The summed E-state index contributed by atoms with van der Waals surface area (Å²) < 4.78 is 25.2. The Labute approximate surface area is 173 Å². The third-order valence-corrected chi connectivity index (χ3v) is 7.59. The van der Waals surface area contributed by atoms with Gasteiger partial charge in [0.25, 0.3) is 0 Å². The van der Waals surface area contributed by atoms with Gasteiger partial charge in [-0.05, 0) is 49.7 Å². The van der Waals surface area contributed by atoms with Crippen LogP contribution in [-0.2, 0) is 19.4 Å². The monoisotopic (exact) mass is 438 g/mol. The fourth-order valence-corrected chi connectivity index (χ4v) is 4.99. The minimum absolute atomic E-state index is 0.0767. The van der Waals surface area contributed by atoms with E-state index in [1.807, 2.05) is 6.92 Å². The van der Waals surface area contributed by atoms with E-state index in [0.29, 0.717) is 16.4 Å². The number of carbonyl (C=O) groups excluding carboxylic acids is 2. The highest BCUT2D eigenvalue weighted by Crippen LogP contribution is 2.36. The summed E-state index contributed by atoms with van der Waals surface area (Å²) in [6.45, 7) is 3.63. The van der Waals surface area contributed by atoms with Crippen molar-refractivity contribution in [1.29, 1.82) is 0 Å². The fourth-order valence-electron chi connectivity index (χ4n) is 2.62. The van der Waals surface area contributed by atoms with Gasteiger partial charge < -0.3 is 10.6 Å². The van der Waals surface area contributed by atoms with E-state index in [9.17, 15) is 18.0 Å². The third kappa shape index (κ3) is 4.68. The first-order valence-corrected chi connectivity index (χ1v) is 11.5. The first-order valence-electron chi connectivity index (χ1n) is 8.56. The largest absolute Gasteiger partial charge is 0.326 e. The Bertz CT molecular complexity index is 1050. The number of fused-ring (bicyclic) bond motifs is 1. The summed E-state index contributed by atoms with van der Waals surface area (Å²) >= 11 is 7.40. The number of nitrogens with one attached hydrogen (secondary N) is 2. The molecule has 2 aromatic carbocycles. The van der Waals surface area contributed by atoms with E-state index in [1.54, 1.807) is 31.2 Å². The molecule has 0 aliphatic carbocycles. The van der Waals surface area contributed by atoms with E-state index in [4.69, 9.17) is 11.6 Å². The summed E-state index contributed by atoms with van der Waals surface area (Å²) in [7, 11) is -3.67. The zero-order chi connectivity index (χ0) is 20.5. The van der Waals surface area contributed by atoms with Crippen LogP contribution in [0.3, 0.4) is 0 Å². The molecule has 0 fully saturated rings. The minimum atomic E-state index is -3.67. The van der Waals surface area contributed by atoms with Crippen molar-refractivity contribution in [2.75, 3.05) is 16.4 Å². The van der Waals surface area contributed by atoms with E-state index in [-0.39, 0.29) is 28.2 Å². The molecule has 3 rings (SSSR count). The lowest BCUT2D eigenvalue weighted by atomic mass is 10.2. The van der Waals surface area contributed by atoms with Crippen molar-refractivity contribution < 1.29 is 18.0 Å². The second-order valence-electron chi connectivity index (χ2n) is 6.49. The third-order valence-electron chi connectivity index (χ3n) is 4.29. The predicted octanol–water partition coefficient (Wildman–Crippen LogP) is 3.88. The molecule has 9 heteroatoms. The van der Waals surface area contributed by atoms with Gasteiger partial charge in [-0.3, -0.25) is 9.59 Å². The average molecular weight is 439 g/mol. The normalized spacial score (nSPS) is 16.2. The summed E-state index contributed by atoms with van der Waals surface area (Å²) in [6, 6.07) is 9.72. The fraction of sp³-hybridized carbons (Fsp3) is 0.263. The zero-order valence-corrected chi connectivity index (χ0v) is 17.7. The van der Waals surface area contributed by atoms with E-state index >= 15 is 0 Å². The van der Waals surface area contributed by atoms with Crippen molar-refractivity contribution in [2.24, 2.45) is 0 Å². The molecule has 2 amide bonds. The van der Waals surface area contributed by atoms with Crippen molar-refractivity contribution in [2.45, 2.75) is 35.3 Å². The zero-order valence-electron chi connectivity index (χ0n) is 15.3. The van der Waals surface area contributed by atoms with Crippen LogP contribution in [0.4, 0.5) is 11.4 Å². The number of aryl methyl sites for hydroxylation is 1. The Morgan fingerprint density at radius 1 is 1.25 bits per heavy atom. The van der Waals surface area contributed by atoms with Crippen molar-refractivity contribution in [3.63, 3.8) is 0 Å². The number of amides is 2. The van der Waals surface area contributed by atoms with Crippen LogP contribution in [0.25, 0.3) is 0 Å². The van der Waals surface area contributed by atoms with Crippen molar-refractivity contribution in [3.05, 3.63) is 47.0 Å². The van der Waals surface area contributed by atoms with E-state index in [1.165, 1.54) is 23.9 Å². The topological polar surface area (TPSA) is 92.3 Å². The van der Waals surface area contributed by atoms with Crippen LogP contribution < -0.4 is 10.6 Å². The molecular weight excluding hydrogens is 420 g/mol. The van der Waals surface area contributed by atoms with Crippen molar-refractivity contribution in [1.82, 2.24) is 0 Å². The van der Waals surface area contributed by atoms with Gasteiger partial charge in [-0.2, -0.15) is 0 Å². The van der Waals surface area contributed by atoms with Crippen molar-refractivity contribution >= 4 is 56.4 Å². The number of hydrogen-bond acceptors (Lipinski definition) is 5. The molecule has 6 nitrogen and oxygen atoms in total. The molecule has 0 radical (unpaired) electrons. The summed E-state index contributed by atoms with van der Waals surface area (Å²) in [5, 5.41) is 5.65. The summed E-state index contributed by atoms with van der Waals surface area (Å²) in [6.07, 6.45) is -0.191. The predicted molar refractivity (Wildman–Crippen MR) is 112 cm³/mol. The lowest BCUT2D eigenvalue weighted by molar-refractivity contribution is -0.116. The van der Waals surface area contributed by atoms with Crippen LogP contribution >= 0.6 is 23.4 Å². The second kappa shape index (κ2) is 8.14. The highest BCUT2D eigenvalue weighted by molar-refractivity contribution is 8.01. The number of carbonyl (C=O) groups is 2.